The zero-order valence-corrected chi connectivity index (χ0v) is 14.7. The third-order valence-electron chi connectivity index (χ3n) is 4.70. The molecule has 4 rings (SSSR count). The molecule has 0 unspecified atom stereocenters. The number of halogens is 1. The van der Waals surface area contributed by atoms with E-state index >= 15 is 0 Å². The number of hydrogen-bond donors (Lipinski definition) is 0. The average Bonchev–Trinajstić information content (AvgIpc) is 2.60. The number of rotatable bonds is 0. The van der Waals surface area contributed by atoms with Crippen LogP contribution in [0.1, 0.15) is 37.2 Å². The molecule has 0 N–H and O–H groups in total. The van der Waals surface area contributed by atoms with Crippen LogP contribution in [-0.2, 0) is 13.0 Å². The van der Waals surface area contributed by atoms with Gasteiger partial charge in [-0.25, -0.2) is 9.37 Å². The Kier molecular flexibility index (Phi) is 3.84. The standard InChI is InChI=1S/C21H18FN3O/c1-21(2)8-7-19-24-18-10-14(3-4-15-9-16(22)12-23-11-15)5-6-17(18)20(26)25(19)13-21/h5-6,9-12H,7-8,13H2,1-2H3. The number of pyridine rings is 1. The summed E-state index contributed by atoms with van der Waals surface area (Å²) in [6.45, 7) is 5.04. The van der Waals surface area contributed by atoms with E-state index in [9.17, 15) is 9.18 Å². The van der Waals surface area contributed by atoms with Crippen LogP contribution in [-0.4, -0.2) is 14.5 Å². The Balaban J connectivity index is 1.76. The third-order valence-corrected chi connectivity index (χ3v) is 4.70. The maximum Gasteiger partial charge on any atom is 0.261 e. The third kappa shape index (κ3) is 3.11. The molecule has 0 radical (unpaired) electrons. The van der Waals surface area contributed by atoms with Gasteiger partial charge in [-0.2, -0.15) is 0 Å². The molecular weight excluding hydrogens is 329 g/mol. The molecule has 130 valence electrons. The molecule has 3 heterocycles. The first-order valence-corrected chi connectivity index (χ1v) is 8.57. The fourth-order valence-corrected chi connectivity index (χ4v) is 3.28. The van der Waals surface area contributed by atoms with E-state index in [2.05, 4.69) is 30.7 Å². The monoisotopic (exact) mass is 347 g/mol. The molecule has 0 fully saturated rings. The number of fused-ring (bicyclic) bond motifs is 2. The van der Waals surface area contributed by atoms with E-state index in [4.69, 9.17) is 4.98 Å². The van der Waals surface area contributed by atoms with Crippen LogP contribution < -0.4 is 5.56 Å². The molecular formula is C21H18FN3O. The van der Waals surface area contributed by atoms with E-state index in [-0.39, 0.29) is 11.0 Å². The molecule has 5 heteroatoms. The minimum atomic E-state index is -0.417. The second-order valence-electron chi connectivity index (χ2n) is 7.46. The van der Waals surface area contributed by atoms with E-state index in [1.165, 1.54) is 12.3 Å². The lowest BCUT2D eigenvalue weighted by Crippen LogP contribution is -2.36. The fraction of sp³-hybridized carbons (Fsp3) is 0.286. The molecule has 4 nitrogen and oxygen atoms in total. The van der Waals surface area contributed by atoms with Crippen molar-refractivity contribution in [2.75, 3.05) is 0 Å². The van der Waals surface area contributed by atoms with Crippen molar-refractivity contribution in [1.82, 2.24) is 14.5 Å². The van der Waals surface area contributed by atoms with Crippen LogP contribution in [0.2, 0.25) is 0 Å². The number of benzene rings is 1. The van der Waals surface area contributed by atoms with E-state index in [0.717, 1.165) is 30.4 Å². The van der Waals surface area contributed by atoms with Crippen molar-refractivity contribution in [3.63, 3.8) is 0 Å². The van der Waals surface area contributed by atoms with Crippen LogP contribution in [0.25, 0.3) is 10.9 Å². The van der Waals surface area contributed by atoms with Crippen molar-refractivity contribution in [2.24, 2.45) is 5.41 Å². The van der Waals surface area contributed by atoms with Crippen LogP contribution in [0.4, 0.5) is 4.39 Å². The van der Waals surface area contributed by atoms with Gasteiger partial charge in [0, 0.05) is 30.3 Å². The first-order chi connectivity index (χ1) is 12.4. The van der Waals surface area contributed by atoms with Gasteiger partial charge in [0.05, 0.1) is 17.1 Å². The van der Waals surface area contributed by atoms with Crippen molar-refractivity contribution in [1.29, 1.82) is 0 Å². The Hall–Kier alpha value is -3.00. The summed E-state index contributed by atoms with van der Waals surface area (Å²) >= 11 is 0. The molecule has 0 saturated carbocycles. The van der Waals surface area contributed by atoms with Crippen molar-refractivity contribution in [3.05, 3.63) is 69.8 Å². The molecule has 26 heavy (non-hydrogen) atoms. The Morgan fingerprint density at radius 3 is 2.77 bits per heavy atom. The maximum atomic E-state index is 13.2. The highest BCUT2D eigenvalue weighted by molar-refractivity contribution is 5.79. The van der Waals surface area contributed by atoms with Crippen LogP contribution >= 0.6 is 0 Å². The smallest absolute Gasteiger partial charge is 0.261 e. The normalized spacial score (nSPS) is 15.2. The van der Waals surface area contributed by atoms with E-state index < -0.39 is 5.82 Å². The van der Waals surface area contributed by atoms with Crippen molar-refractivity contribution < 1.29 is 4.39 Å². The Morgan fingerprint density at radius 1 is 1.15 bits per heavy atom. The topological polar surface area (TPSA) is 47.8 Å². The van der Waals surface area contributed by atoms with Crippen LogP contribution in [0.15, 0.2) is 41.5 Å². The van der Waals surface area contributed by atoms with Gasteiger partial charge in [0.1, 0.15) is 11.6 Å². The van der Waals surface area contributed by atoms with Gasteiger partial charge in [0.2, 0.25) is 0 Å². The summed E-state index contributed by atoms with van der Waals surface area (Å²) in [5, 5.41) is 0.601. The Labute approximate surface area is 150 Å². The second-order valence-corrected chi connectivity index (χ2v) is 7.46. The molecule has 0 saturated heterocycles. The highest BCUT2D eigenvalue weighted by Crippen LogP contribution is 2.29. The first kappa shape index (κ1) is 16.5. The molecule has 0 atom stereocenters. The molecule has 1 aliphatic heterocycles. The second kappa shape index (κ2) is 6.06. The maximum absolute atomic E-state index is 13.2. The average molecular weight is 347 g/mol. The minimum Gasteiger partial charge on any atom is -0.296 e. The van der Waals surface area contributed by atoms with Crippen molar-refractivity contribution in [2.45, 2.75) is 33.2 Å². The van der Waals surface area contributed by atoms with Crippen LogP contribution in [0.5, 0.6) is 0 Å². The lowest BCUT2D eigenvalue weighted by molar-refractivity contribution is 0.240. The van der Waals surface area contributed by atoms with Crippen LogP contribution in [0, 0.1) is 23.1 Å². The summed E-state index contributed by atoms with van der Waals surface area (Å²) in [6, 6.07) is 6.72. The largest absolute Gasteiger partial charge is 0.296 e. The zero-order chi connectivity index (χ0) is 18.3. The van der Waals surface area contributed by atoms with Gasteiger partial charge in [0.25, 0.3) is 5.56 Å². The van der Waals surface area contributed by atoms with Crippen LogP contribution in [0.3, 0.4) is 0 Å². The van der Waals surface area contributed by atoms with E-state index in [1.807, 2.05) is 6.07 Å². The lowest BCUT2D eigenvalue weighted by atomic mass is 9.85. The highest BCUT2D eigenvalue weighted by atomic mass is 19.1. The SMILES string of the molecule is CC1(C)CCc2nc3cc(C#Cc4cncc(F)c4)ccc3c(=O)n2C1. The van der Waals surface area contributed by atoms with Crippen molar-refractivity contribution in [3.8, 4) is 11.8 Å². The molecule has 0 amide bonds. The Bertz CT molecular complexity index is 1140. The van der Waals surface area contributed by atoms with E-state index in [1.54, 1.807) is 16.7 Å². The quantitative estimate of drug-likeness (QED) is 0.586. The number of aromatic nitrogens is 3. The van der Waals surface area contributed by atoms with Gasteiger partial charge in [-0.1, -0.05) is 25.7 Å². The van der Waals surface area contributed by atoms with Gasteiger partial charge >= 0.3 is 0 Å². The van der Waals surface area contributed by atoms with Gasteiger partial charge in [-0.05, 0) is 36.1 Å². The summed E-state index contributed by atoms with van der Waals surface area (Å²) in [7, 11) is 0. The predicted molar refractivity (Wildman–Crippen MR) is 98.3 cm³/mol. The number of nitrogens with zero attached hydrogens (tertiary/aromatic N) is 3. The predicted octanol–water partition coefficient (Wildman–Crippen LogP) is 3.30. The van der Waals surface area contributed by atoms with Gasteiger partial charge in [0.15, 0.2) is 0 Å². The molecule has 3 aromatic rings. The van der Waals surface area contributed by atoms with Crippen molar-refractivity contribution >= 4 is 10.9 Å². The first-order valence-electron chi connectivity index (χ1n) is 8.57. The molecule has 0 bridgehead atoms. The van der Waals surface area contributed by atoms with Gasteiger partial charge in [-0.3, -0.25) is 14.3 Å². The lowest BCUT2D eigenvalue weighted by Gasteiger charge is -2.31. The van der Waals surface area contributed by atoms with Gasteiger partial charge < -0.3 is 0 Å². The molecule has 2 aromatic heterocycles. The van der Waals surface area contributed by atoms with E-state index in [0.29, 0.717) is 23.0 Å². The number of hydrogen-bond acceptors (Lipinski definition) is 3. The van der Waals surface area contributed by atoms with Gasteiger partial charge in [-0.15, -0.1) is 0 Å². The summed E-state index contributed by atoms with van der Waals surface area (Å²) in [5.41, 5.74) is 2.01. The summed E-state index contributed by atoms with van der Waals surface area (Å²) < 4.78 is 15.0. The molecule has 0 spiro atoms. The summed E-state index contributed by atoms with van der Waals surface area (Å²) in [4.78, 5) is 21.3. The number of aryl methyl sites for hydroxylation is 1. The molecule has 1 aliphatic rings. The zero-order valence-electron chi connectivity index (χ0n) is 14.7. The Morgan fingerprint density at radius 2 is 1.96 bits per heavy atom. The summed E-state index contributed by atoms with van der Waals surface area (Å²) in [6.07, 6.45) is 4.46. The highest BCUT2D eigenvalue weighted by Gasteiger charge is 2.27. The summed E-state index contributed by atoms with van der Waals surface area (Å²) in [5.74, 6) is 6.30. The fourth-order valence-electron chi connectivity index (χ4n) is 3.28. The molecule has 0 aliphatic carbocycles. The molecule has 1 aromatic carbocycles. The minimum absolute atomic E-state index is 0.00612.